The minimum atomic E-state index is -1.08. The fourth-order valence-corrected chi connectivity index (χ4v) is 5.23. The molecule has 1 fully saturated rings. The molecule has 1 amide bonds. The van der Waals surface area contributed by atoms with Crippen molar-refractivity contribution in [2.45, 2.75) is 51.5 Å². The molecule has 35 heavy (non-hydrogen) atoms. The molecule has 1 aliphatic rings. The average Bonchev–Trinajstić information content (AvgIpc) is 3.57. The Labute approximate surface area is 207 Å². The largest absolute Gasteiger partial charge is 0.495 e. The van der Waals surface area contributed by atoms with Crippen molar-refractivity contribution in [3.63, 3.8) is 0 Å². The summed E-state index contributed by atoms with van der Waals surface area (Å²) in [5.74, 6) is -0.745. The van der Waals surface area contributed by atoms with Gasteiger partial charge in [-0.3, -0.25) is 9.78 Å². The number of hydrogen-bond acceptors (Lipinski definition) is 6. The molecule has 1 aromatic carbocycles. The molecule has 0 radical (unpaired) electrons. The van der Waals surface area contributed by atoms with Crippen molar-refractivity contribution >= 4 is 23.2 Å². The fraction of sp³-hybridized carbons (Fsp3) is 0.385. The second-order valence-electron chi connectivity index (χ2n) is 8.86. The van der Waals surface area contributed by atoms with E-state index in [4.69, 9.17) is 4.74 Å². The third kappa shape index (κ3) is 5.19. The second kappa shape index (κ2) is 10.1. The lowest BCUT2D eigenvalue weighted by Crippen LogP contribution is -2.40. The van der Waals surface area contributed by atoms with Gasteiger partial charge >= 0.3 is 5.97 Å². The van der Waals surface area contributed by atoms with E-state index in [-0.39, 0.29) is 24.0 Å². The zero-order valence-electron chi connectivity index (χ0n) is 20.0. The molecule has 0 spiro atoms. The predicted molar refractivity (Wildman–Crippen MR) is 130 cm³/mol. The number of methoxy groups -OCH3 is 1. The molecule has 1 aliphatic carbocycles. The molecule has 2 aromatic heterocycles. The third-order valence-corrected chi connectivity index (χ3v) is 7.38. The van der Waals surface area contributed by atoms with Crippen molar-refractivity contribution in [2.75, 3.05) is 13.7 Å². The van der Waals surface area contributed by atoms with Crippen LogP contribution in [0.1, 0.15) is 56.5 Å². The van der Waals surface area contributed by atoms with Crippen molar-refractivity contribution in [3.8, 4) is 5.75 Å². The number of carboxylic acids is 1. The highest BCUT2D eigenvalue weighted by Crippen LogP contribution is 2.49. The summed E-state index contributed by atoms with van der Waals surface area (Å²) in [4.78, 5) is 36.3. The number of nitrogens with zero attached hydrogens (tertiary/aromatic N) is 3. The number of carboxylic acid groups (broad SMARTS) is 1. The van der Waals surface area contributed by atoms with Crippen molar-refractivity contribution < 1.29 is 23.8 Å². The number of benzene rings is 1. The van der Waals surface area contributed by atoms with Crippen molar-refractivity contribution in [1.82, 2.24) is 14.9 Å². The molecule has 4 rings (SSSR count). The first-order valence-electron chi connectivity index (χ1n) is 11.5. The lowest BCUT2D eigenvalue weighted by atomic mass is 9.99. The first-order valence-corrected chi connectivity index (χ1v) is 12.3. The highest BCUT2D eigenvalue weighted by atomic mass is 32.1. The number of rotatable bonds is 10. The number of aryl methyl sites for hydroxylation is 3. The van der Waals surface area contributed by atoms with Crippen LogP contribution in [0.15, 0.2) is 36.5 Å². The van der Waals surface area contributed by atoms with Gasteiger partial charge in [-0.25, -0.2) is 14.2 Å². The molecule has 0 aliphatic heterocycles. The monoisotopic (exact) mass is 497 g/mol. The number of halogens is 1. The van der Waals surface area contributed by atoms with E-state index in [1.807, 2.05) is 12.1 Å². The normalized spacial score (nSPS) is 13.9. The van der Waals surface area contributed by atoms with Gasteiger partial charge in [-0.2, -0.15) is 0 Å². The van der Waals surface area contributed by atoms with E-state index in [9.17, 15) is 19.1 Å². The van der Waals surface area contributed by atoms with E-state index in [2.05, 4.69) is 9.97 Å². The number of carbonyl (C=O) groups excluding carboxylic acids is 1. The average molecular weight is 498 g/mol. The summed E-state index contributed by atoms with van der Waals surface area (Å²) in [7, 11) is 1.56. The molecule has 0 saturated heterocycles. The second-order valence-corrected chi connectivity index (χ2v) is 10.1. The Hall–Kier alpha value is -3.33. The van der Waals surface area contributed by atoms with Crippen LogP contribution in [0.4, 0.5) is 4.39 Å². The van der Waals surface area contributed by atoms with Crippen LogP contribution < -0.4 is 4.74 Å². The Morgan fingerprint density at radius 3 is 2.60 bits per heavy atom. The smallest absolute Gasteiger partial charge is 0.355 e. The maximum atomic E-state index is 14.5. The SMILES string of the molecule is COc1ccc(C2(C(=O)N(CCCc3cccc(C)c3F)Cc3nc(C(=O)O)c(C)s3)CC2)nc1. The van der Waals surface area contributed by atoms with E-state index in [1.54, 1.807) is 50.3 Å². The van der Waals surface area contributed by atoms with Crippen LogP contribution in [0.3, 0.4) is 0 Å². The Kier molecular flexibility index (Phi) is 7.16. The summed E-state index contributed by atoms with van der Waals surface area (Å²) in [6, 6.07) is 8.95. The van der Waals surface area contributed by atoms with Crippen LogP contribution >= 0.6 is 11.3 Å². The lowest BCUT2D eigenvalue weighted by molar-refractivity contribution is -0.134. The fourth-order valence-electron chi connectivity index (χ4n) is 4.29. The molecule has 1 saturated carbocycles. The number of thiazole rings is 1. The summed E-state index contributed by atoms with van der Waals surface area (Å²) in [5.41, 5.74) is 1.21. The number of aromatic carboxylic acids is 1. The zero-order valence-corrected chi connectivity index (χ0v) is 20.8. The first-order chi connectivity index (χ1) is 16.7. The van der Waals surface area contributed by atoms with E-state index in [0.29, 0.717) is 64.7 Å². The number of hydrogen-bond donors (Lipinski definition) is 1. The Balaban J connectivity index is 1.56. The summed E-state index contributed by atoms with van der Waals surface area (Å²) < 4.78 is 19.7. The molecule has 184 valence electrons. The summed E-state index contributed by atoms with van der Waals surface area (Å²) in [5, 5.41) is 9.94. The van der Waals surface area contributed by atoms with Crippen LogP contribution in [0, 0.1) is 19.7 Å². The molecular weight excluding hydrogens is 469 g/mol. The first kappa shape index (κ1) is 24.8. The minimum Gasteiger partial charge on any atom is -0.495 e. The zero-order chi connectivity index (χ0) is 25.2. The molecule has 7 nitrogen and oxygen atoms in total. The Bertz CT molecular complexity index is 1240. The number of carbonyl (C=O) groups is 2. The number of pyridine rings is 1. The van der Waals surface area contributed by atoms with Crippen molar-refractivity contribution in [3.05, 3.63) is 74.7 Å². The van der Waals surface area contributed by atoms with Crippen LogP contribution in [-0.2, 0) is 23.2 Å². The van der Waals surface area contributed by atoms with Crippen molar-refractivity contribution in [2.24, 2.45) is 0 Å². The quantitative estimate of drug-likeness (QED) is 0.437. The standard InChI is InChI=1S/C26H28FN3O4S/c1-16-6-4-7-18(22(16)27)8-5-13-30(15-21-29-23(24(31)32)17(2)35-21)25(33)26(11-12-26)20-10-9-19(34-3)14-28-20/h4,6-7,9-10,14H,5,8,11-13,15H2,1-3H3,(H,31,32). The highest BCUT2D eigenvalue weighted by Gasteiger charge is 2.54. The van der Waals surface area contributed by atoms with Gasteiger partial charge < -0.3 is 14.7 Å². The number of ether oxygens (including phenoxy) is 1. The van der Waals surface area contributed by atoms with Gasteiger partial charge in [-0.1, -0.05) is 18.2 Å². The molecule has 2 heterocycles. The minimum absolute atomic E-state index is 0.0113. The third-order valence-electron chi connectivity index (χ3n) is 6.42. The van der Waals surface area contributed by atoms with Crippen molar-refractivity contribution in [1.29, 1.82) is 0 Å². The van der Waals surface area contributed by atoms with E-state index in [1.165, 1.54) is 11.3 Å². The van der Waals surface area contributed by atoms with Crippen LogP contribution in [-0.4, -0.2) is 45.5 Å². The topological polar surface area (TPSA) is 92.6 Å². The molecule has 9 heteroatoms. The van der Waals surface area contributed by atoms with Gasteiger partial charge in [0.25, 0.3) is 0 Å². The maximum absolute atomic E-state index is 14.5. The molecule has 0 unspecified atom stereocenters. The van der Waals surface area contributed by atoms with Gasteiger partial charge in [0.05, 0.1) is 31.0 Å². The molecule has 1 N–H and O–H groups in total. The van der Waals surface area contributed by atoms with Gasteiger partial charge in [0, 0.05) is 11.4 Å². The molecular formula is C26H28FN3O4S. The van der Waals surface area contributed by atoms with Crippen LogP contribution in [0.5, 0.6) is 5.75 Å². The molecule has 0 bridgehead atoms. The van der Waals surface area contributed by atoms with Crippen LogP contribution in [0.25, 0.3) is 0 Å². The summed E-state index contributed by atoms with van der Waals surface area (Å²) in [6.45, 7) is 4.04. The van der Waals surface area contributed by atoms with Gasteiger partial charge in [0.1, 0.15) is 16.6 Å². The van der Waals surface area contributed by atoms with E-state index >= 15 is 0 Å². The summed E-state index contributed by atoms with van der Waals surface area (Å²) in [6.07, 6.45) is 4.03. The van der Waals surface area contributed by atoms with Crippen LogP contribution in [0.2, 0.25) is 0 Å². The number of amides is 1. The molecule has 0 atom stereocenters. The molecule has 3 aromatic rings. The number of aromatic nitrogens is 2. The predicted octanol–water partition coefficient (Wildman–Crippen LogP) is 4.69. The Morgan fingerprint density at radius 1 is 1.23 bits per heavy atom. The van der Waals surface area contributed by atoms with Gasteiger partial charge in [0.15, 0.2) is 5.69 Å². The maximum Gasteiger partial charge on any atom is 0.355 e. The van der Waals surface area contributed by atoms with Gasteiger partial charge in [-0.15, -0.1) is 11.3 Å². The van der Waals surface area contributed by atoms with E-state index < -0.39 is 11.4 Å². The van der Waals surface area contributed by atoms with E-state index in [0.717, 1.165) is 0 Å². The van der Waals surface area contributed by atoms with Gasteiger partial charge in [0.2, 0.25) is 5.91 Å². The highest BCUT2D eigenvalue weighted by molar-refractivity contribution is 7.11. The Morgan fingerprint density at radius 2 is 2.00 bits per heavy atom. The van der Waals surface area contributed by atoms with Gasteiger partial charge in [-0.05, 0) is 62.8 Å². The summed E-state index contributed by atoms with van der Waals surface area (Å²) >= 11 is 1.28. The lowest BCUT2D eigenvalue weighted by Gasteiger charge is -2.27.